The van der Waals surface area contributed by atoms with Gasteiger partial charge in [0.05, 0.1) is 41.7 Å². The van der Waals surface area contributed by atoms with Crippen molar-refractivity contribution in [3.63, 3.8) is 0 Å². The first-order valence-corrected chi connectivity index (χ1v) is 11.6. The quantitative estimate of drug-likeness (QED) is 0.317. The number of carbonyl (C=O) groups excluding carboxylic acids is 1. The lowest BCUT2D eigenvalue weighted by molar-refractivity contribution is 0.0950. The van der Waals surface area contributed by atoms with Gasteiger partial charge in [-0.05, 0) is 48.4 Å². The second-order valence-corrected chi connectivity index (χ2v) is 8.07. The van der Waals surface area contributed by atoms with E-state index in [9.17, 15) is 14.4 Å². The molecule has 2 aromatic heterocycles. The molecule has 0 bridgehead atoms. The SMILES string of the molecule is N#Cc1ccccc1-c1ccc(C(=O)NCc2ccnn2CCN)c(NCCc2cccc(F)c2)n1. The van der Waals surface area contributed by atoms with E-state index in [0.29, 0.717) is 54.3 Å². The first-order valence-electron chi connectivity index (χ1n) is 11.6. The smallest absolute Gasteiger partial charge is 0.255 e. The number of aromatic nitrogens is 3. The number of rotatable bonds is 10. The van der Waals surface area contributed by atoms with E-state index in [2.05, 4.69) is 26.8 Å². The molecule has 8 nitrogen and oxygen atoms in total. The minimum atomic E-state index is -0.309. The zero-order chi connectivity index (χ0) is 25.3. The number of nitrogens with one attached hydrogen (secondary N) is 2. The summed E-state index contributed by atoms with van der Waals surface area (Å²) in [6.45, 7) is 1.71. The largest absolute Gasteiger partial charge is 0.369 e. The molecule has 36 heavy (non-hydrogen) atoms. The normalized spacial score (nSPS) is 10.6. The lowest BCUT2D eigenvalue weighted by Crippen LogP contribution is -2.26. The third-order valence-electron chi connectivity index (χ3n) is 5.63. The highest BCUT2D eigenvalue weighted by atomic mass is 19.1. The molecule has 0 unspecified atom stereocenters. The fraction of sp³-hybridized carbons (Fsp3) is 0.185. The maximum atomic E-state index is 13.6. The zero-order valence-corrected chi connectivity index (χ0v) is 19.6. The summed E-state index contributed by atoms with van der Waals surface area (Å²) in [4.78, 5) is 17.8. The van der Waals surface area contributed by atoms with Crippen molar-refractivity contribution < 1.29 is 9.18 Å². The van der Waals surface area contributed by atoms with Gasteiger partial charge in [0.15, 0.2) is 0 Å². The Hall–Kier alpha value is -4.55. The number of nitrogens with zero attached hydrogens (tertiary/aromatic N) is 4. The van der Waals surface area contributed by atoms with Crippen LogP contribution in [0.25, 0.3) is 11.3 Å². The van der Waals surface area contributed by atoms with Crippen molar-refractivity contribution in [1.29, 1.82) is 5.26 Å². The highest BCUT2D eigenvalue weighted by Crippen LogP contribution is 2.25. The Morgan fingerprint density at radius 3 is 2.78 bits per heavy atom. The molecule has 0 fully saturated rings. The van der Waals surface area contributed by atoms with Gasteiger partial charge in [0.1, 0.15) is 11.6 Å². The summed E-state index contributed by atoms with van der Waals surface area (Å²) in [5.74, 6) is -0.226. The molecule has 0 saturated heterocycles. The maximum Gasteiger partial charge on any atom is 0.255 e. The summed E-state index contributed by atoms with van der Waals surface area (Å²) in [6.07, 6.45) is 2.21. The van der Waals surface area contributed by atoms with E-state index in [0.717, 1.165) is 11.3 Å². The molecule has 0 aliphatic heterocycles. The molecule has 2 aromatic carbocycles. The number of pyridine rings is 1. The van der Waals surface area contributed by atoms with Crippen molar-refractivity contribution in [2.75, 3.05) is 18.4 Å². The van der Waals surface area contributed by atoms with Crippen molar-refractivity contribution in [2.45, 2.75) is 19.5 Å². The second kappa shape index (κ2) is 11.7. The van der Waals surface area contributed by atoms with Gasteiger partial charge in [0.25, 0.3) is 5.91 Å². The molecule has 1 amide bonds. The highest BCUT2D eigenvalue weighted by molar-refractivity contribution is 5.99. The van der Waals surface area contributed by atoms with Crippen LogP contribution >= 0.6 is 0 Å². The van der Waals surface area contributed by atoms with E-state index in [1.807, 2.05) is 24.3 Å². The van der Waals surface area contributed by atoms with Crippen LogP contribution in [0.3, 0.4) is 0 Å². The number of benzene rings is 2. The minimum absolute atomic E-state index is 0.278. The molecule has 182 valence electrons. The number of nitrogens with two attached hydrogens (primary N) is 1. The lowest BCUT2D eigenvalue weighted by atomic mass is 10.0. The summed E-state index contributed by atoms with van der Waals surface area (Å²) in [7, 11) is 0. The van der Waals surface area contributed by atoms with Crippen LogP contribution in [-0.4, -0.2) is 33.8 Å². The number of hydrogen-bond acceptors (Lipinski definition) is 6. The van der Waals surface area contributed by atoms with Gasteiger partial charge in [-0.2, -0.15) is 10.4 Å². The Bertz CT molecular complexity index is 1390. The zero-order valence-electron chi connectivity index (χ0n) is 19.6. The van der Waals surface area contributed by atoms with Crippen molar-refractivity contribution in [3.05, 3.63) is 101 Å². The molecule has 0 radical (unpaired) electrons. The molecule has 0 atom stereocenters. The van der Waals surface area contributed by atoms with E-state index < -0.39 is 0 Å². The van der Waals surface area contributed by atoms with Crippen molar-refractivity contribution in [1.82, 2.24) is 20.1 Å². The highest BCUT2D eigenvalue weighted by Gasteiger charge is 2.16. The van der Waals surface area contributed by atoms with Gasteiger partial charge in [-0.25, -0.2) is 9.37 Å². The third-order valence-corrected chi connectivity index (χ3v) is 5.63. The number of carbonyl (C=O) groups is 1. The lowest BCUT2D eigenvalue weighted by Gasteiger charge is -2.14. The summed E-state index contributed by atoms with van der Waals surface area (Å²) in [5, 5.41) is 19.9. The fourth-order valence-electron chi connectivity index (χ4n) is 3.85. The van der Waals surface area contributed by atoms with E-state index in [-0.39, 0.29) is 18.3 Å². The van der Waals surface area contributed by atoms with Crippen LogP contribution in [0, 0.1) is 17.1 Å². The van der Waals surface area contributed by atoms with Crippen LogP contribution in [0.4, 0.5) is 10.2 Å². The van der Waals surface area contributed by atoms with Crippen LogP contribution in [0.15, 0.2) is 72.9 Å². The topological polar surface area (TPSA) is 122 Å². The summed E-state index contributed by atoms with van der Waals surface area (Å²) in [5.41, 5.74) is 9.38. The van der Waals surface area contributed by atoms with E-state index in [1.165, 1.54) is 12.1 Å². The molecule has 0 saturated carbocycles. The van der Waals surface area contributed by atoms with Crippen LogP contribution in [-0.2, 0) is 19.5 Å². The van der Waals surface area contributed by atoms with E-state index >= 15 is 0 Å². The van der Waals surface area contributed by atoms with Gasteiger partial charge in [0, 0.05) is 24.8 Å². The summed E-state index contributed by atoms with van der Waals surface area (Å²) in [6, 6.07) is 21.0. The van der Waals surface area contributed by atoms with Crippen LogP contribution < -0.4 is 16.4 Å². The molecule has 4 aromatic rings. The number of hydrogen-bond donors (Lipinski definition) is 3. The summed E-state index contributed by atoms with van der Waals surface area (Å²) < 4.78 is 15.3. The molecular weight excluding hydrogens is 457 g/mol. The Morgan fingerprint density at radius 1 is 1.11 bits per heavy atom. The molecule has 2 heterocycles. The van der Waals surface area contributed by atoms with E-state index in [4.69, 9.17) is 5.73 Å². The molecule has 9 heteroatoms. The number of halogens is 1. The maximum absolute atomic E-state index is 13.6. The Morgan fingerprint density at radius 2 is 1.97 bits per heavy atom. The average molecular weight is 484 g/mol. The van der Waals surface area contributed by atoms with E-state index in [1.54, 1.807) is 41.2 Å². The first-order chi connectivity index (χ1) is 17.6. The Balaban J connectivity index is 1.57. The predicted molar refractivity (Wildman–Crippen MR) is 135 cm³/mol. The molecule has 4 rings (SSSR count). The molecule has 0 aliphatic rings. The van der Waals surface area contributed by atoms with Gasteiger partial charge in [-0.1, -0.05) is 30.3 Å². The molecule has 4 N–H and O–H groups in total. The monoisotopic (exact) mass is 483 g/mol. The standard InChI is InChI=1S/C27H26FN7O/c28-21-6-3-4-19(16-21)10-13-31-26-24(27(36)32-18-22-11-14-33-35(22)15-12-29)8-9-25(34-26)23-7-2-1-5-20(23)17-30/h1-9,11,14,16H,10,12-13,15,18,29H2,(H,31,34)(H,32,36). The van der Waals surface area contributed by atoms with Gasteiger partial charge < -0.3 is 16.4 Å². The second-order valence-electron chi connectivity index (χ2n) is 8.07. The van der Waals surface area contributed by atoms with Crippen molar-refractivity contribution in [2.24, 2.45) is 5.73 Å². The molecule has 0 aliphatic carbocycles. The Kier molecular flexibility index (Phi) is 8.01. The minimum Gasteiger partial charge on any atom is -0.369 e. The Labute approximate surface area is 208 Å². The van der Waals surface area contributed by atoms with Crippen molar-refractivity contribution >= 4 is 11.7 Å². The molecular formula is C27H26FN7O. The van der Waals surface area contributed by atoms with Gasteiger partial charge >= 0.3 is 0 Å². The van der Waals surface area contributed by atoms with Crippen LogP contribution in [0.1, 0.15) is 27.2 Å². The predicted octanol–water partition coefficient (Wildman–Crippen LogP) is 3.50. The summed E-state index contributed by atoms with van der Waals surface area (Å²) >= 11 is 0. The number of anilines is 1. The van der Waals surface area contributed by atoms with Crippen LogP contribution in [0.2, 0.25) is 0 Å². The third kappa shape index (κ3) is 5.92. The number of nitriles is 1. The number of amides is 1. The molecule has 0 spiro atoms. The van der Waals surface area contributed by atoms with Gasteiger partial charge in [-0.15, -0.1) is 0 Å². The van der Waals surface area contributed by atoms with Gasteiger partial charge in [-0.3, -0.25) is 9.48 Å². The average Bonchev–Trinajstić information content (AvgIpc) is 3.34. The van der Waals surface area contributed by atoms with Gasteiger partial charge in [0.2, 0.25) is 0 Å². The van der Waals surface area contributed by atoms with Crippen LogP contribution in [0.5, 0.6) is 0 Å². The fourth-order valence-corrected chi connectivity index (χ4v) is 3.85. The first kappa shape index (κ1) is 24.6. The van der Waals surface area contributed by atoms with Crippen molar-refractivity contribution in [3.8, 4) is 17.3 Å².